The highest BCUT2D eigenvalue weighted by molar-refractivity contribution is 7.80. The van der Waals surface area contributed by atoms with Gasteiger partial charge in [-0.15, -0.1) is 0 Å². The first kappa shape index (κ1) is 25.4. The minimum atomic E-state index is -6.70. The summed E-state index contributed by atoms with van der Waals surface area (Å²) in [7, 11) is 0. The van der Waals surface area contributed by atoms with Crippen LogP contribution < -0.4 is 0 Å². The molecule has 0 aliphatic carbocycles. The van der Waals surface area contributed by atoms with E-state index < -0.39 is 67.0 Å². The molecule has 0 saturated carbocycles. The van der Waals surface area contributed by atoms with Crippen molar-refractivity contribution >= 4 is 12.6 Å². The maximum atomic E-state index is 13.6. The van der Waals surface area contributed by atoms with E-state index in [4.69, 9.17) is 0 Å². The average Bonchev–Trinajstić information content (AvgIpc) is 2.33. The zero-order valence-corrected chi connectivity index (χ0v) is 13.0. The molecule has 0 spiro atoms. The monoisotopic (exact) mass is 440 g/mol. The summed E-state index contributed by atoms with van der Waals surface area (Å²) < 4.78 is 177. The molecule has 0 aromatic carbocycles. The molecular formula is C11H10F14S. The molecular weight excluding hydrogens is 430 g/mol. The highest BCUT2D eigenvalue weighted by Crippen LogP contribution is 2.54. The lowest BCUT2D eigenvalue weighted by molar-refractivity contribution is -0.356. The smallest absolute Gasteiger partial charge is 0.224 e. The van der Waals surface area contributed by atoms with E-state index in [9.17, 15) is 61.5 Å². The highest BCUT2D eigenvalue weighted by atomic mass is 32.1. The predicted molar refractivity (Wildman–Crippen MR) is 63.1 cm³/mol. The van der Waals surface area contributed by atoms with E-state index in [1.165, 1.54) is 0 Å². The van der Waals surface area contributed by atoms with Crippen LogP contribution in [-0.2, 0) is 0 Å². The molecule has 0 heterocycles. The van der Waals surface area contributed by atoms with E-state index in [0.717, 1.165) is 0 Å². The van der Waals surface area contributed by atoms with Crippen molar-refractivity contribution in [3.05, 3.63) is 0 Å². The first-order valence-electron chi connectivity index (χ1n) is 6.39. The summed E-state index contributed by atoms with van der Waals surface area (Å²) in [5.74, 6) is -3.74. The van der Waals surface area contributed by atoms with Gasteiger partial charge in [0, 0.05) is 12.8 Å². The Morgan fingerprint density at radius 3 is 0.885 bits per heavy atom. The summed E-state index contributed by atoms with van der Waals surface area (Å²) in [6, 6.07) is 0. The van der Waals surface area contributed by atoms with Crippen LogP contribution in [0.25, 0.3) is 0 Å². The molecule has 0 saturated heterocycles. The maximum Gasteiger partial charge on any atom is 0.431 e. The van der Waals surface area contributed by atoms with Gasteiger partial charge >= 0.3 is 24.7 Å². The Kier molecular flexibility index (Phi) is 7.23. The van der Waals surface area contributed by atoms with Gasteiger partial charge in [0.15, 0.2) is 0 Å². The number of thiol groups is 1. The van der Waals surface area contributed by atoms with Crippen molar-refractivity contribution in [3.8, 4) is 0 Å². The molecule has 0 N–H and O–H groups in total. The summed E-state index contributed by atoms with van der Waals surface area (Å²) in [5, 5.41) is 0. The van der Waals surface area contributed by atoms with E-state index in [0.29, 0.717) is 0 Å². The van der Waals surface area contributed by atoms with Crippen LogP contribution in [-0.4, -0.2) is 41.8 Å². The maximum absolute atomic E-state index is 13.6. The zero-order valence-electron chi connectivity index (χ0n) is 12.1. The summed E-state index contributed by atoms with van der Waals surface area (Å²) in [6.45, 7) is 0. The fraction of sp³-hybridized carbons (Fsp3) is 1.00. The molecule has 0 nitrogen and oxygen atoms in total. The Hall–Kier alpha value is -0.630. The summed E-state index contributed by atoms with van der Waals surface area (Å²) in [5.41, 5.74) is -12.2. The number of rotatable bonds is 6. The Labute approximate surface area is 142 Å². The van der Waals surface area contributed by atoms with E-state index in [-0.39, 0.29) is 0 Å². The van der Waals surface area contributed by atoms with Gasteiger partial charge in [0.05, 0.1) is 0 Å². The second-order valence-corrected chi connectivity index (χ2v) is 5.83. The fourth-order valence-corrected chi connectivity index (χ4v) is 2.40. The standard InChI is InChI=1S/C11H10F14S/c12-6(8(14,15)16,9(17,18)19)3-5(1-2-26)4-7(13,10(20,21)22)11(23,24)25/h5,26H,1-4H2. The Bertz CT molecular complexity index is 387. The summed E-state index contributed by atoms with van der Waals surface area (Å²) in [4.78, 5) is 0. The van der Waals surface area contributed by atoms with Crippen molar-refractivity contribution in [2.24, 2.45) is 5.92 Å². The molecule has 0 unspecified atom stereocenters. The highest BCUT2D eigenvalue weighted by Gasteiger charge is 2.75. The van der Waals surface area contributed by atoms with Gasteiger partial charge in [-0.05, 0) is 18.1 Å². The molecule has 0 fully saturated rings. The fourth-order valence-electron chi connectivity index (χ4n) is 2.04. The van der Waals surface area contributed by atoms with E-state index in [1.807, 2.05) is 0 Å². The Morgan fingerprint density at radius 1 is 0.500 bits per heavy atom. The SMILES string of the molecule is FC(F)(F)C(F)(CC(CCS)CC(F)(C(F)(F)F)C(F)(F)F)C(F)(F)F. The van der Waals surface area contributed by atoms with Crippen molar-refractivity contribution in [1.82, 2.24) is 0 Å². The Balaban J connectivity index is 6.02. The number of halogens is 14. The molecule has 0 atom stereocenters. The third-order valence-electron chi connectivity index (χ3n) is 3.47. The van der Waals surface area contributed by atoms with Gasteiger partial charge in [0.2, 0.25) is 0 Å². The molecule has 0 amide bonds. The number of hydrogen-bond donors (Lipinski definition) is 1. The largest absolute Gasteiger partial charge is 0.431 e. The van der Waals surface area contributed by atoms with Crippen molar-refractivity contribution in [2.45, 2.75) is 55.3 Å². The zero-order chi connectivity index (χ0) is 21.4. The van der Waals surface area contributed by atoms with Crippen LogP contribution in [0, 0.1) is 5.92 Å². The molecule has 158 valence electrons. The second kappa shape index (κ2) is 7.41. The quantitative estimate of drug-likeness (QED) is 0.360. The normalized spacial score (nSPS) is 15.7. The molecule has 0 aromatic heterocycles. The molecule has 0 bridgehead atoms. The van der Waals surface area contributed by atoms with Gasteiger partial charge < -0.3 is 0 Å². The molecule has 0 radical (unpaired) electrons. The average molecular weight is 440 g/mol. The molecule has 15 heteroatoms. The van der Waals surface area contributed by atoms with E-state index in [2.05, 4.69) is 12.6 Å². The van der Waals surface area contributed by atoms with Gasteiger partial charge in [0.1, 0.15) is 0 Å². The van der Waals surface area contributed by atoms with Crippen LogP contribution in [0.4, 0.5) is 61.5 Å². The van der Waals surface area contributed by atoms with Crippen molar-refractivity contribution in [2.75, 3.05) is 5.75 Å². The van der Waals surface area contributed by atoms with Gasteiger partial charge in [-0.2, -0.15) is 65.3 Å². The first-order valence-corrected chi connectivity index (χ1v) is 7.03. The van der Waals surface area contributed by atoms with Crippen LogP contribution in [0.3, 0.4) is 0 Å². The van der Waals surface area contributed by atoms with Crippen LogP contribution in [0.5, 0.6) is 0 Å². The molecule has 0 aliphatic rings. The Morgan fingerprint density at radius 2 is 0.731 bits per heavy atom. The van der Waals surface area contributed by atoms with Crippen molar-refractivity contribution in [1.29, 1.82) is 0 Å². The van der Waals surface area contributed by atoms with Crippen LogP contribution in [0.2, 0.25) is 0 Å². The molecule has 0 aliphatic heterocycles. The van der Waals surface area contributed by atoms with Gasteiger partial charge in [-0.3, -0.25) is 0 Å². The lowest BCUT2D eigenvalue weighted by atomic mass is 9.81. The molecule has 26 heavy (non-hydrogen) atoms. The van der Waals surface area contributed by atoms with Crippen molar-refractivity contribution in [3.63, 3.8) is 0 Å². The van der Waals surface area contributed by atoms with Crippen molar-refractivity contribution < 1.29 is 61.5 Å². The lowest BCUT2D eigenvalue weighted by Crippen LogP contribution is -2.57. The lowest BCUT2D eigenvalue weighted by Gasteiger charge is -2.36. The first-order chi connectivity index (χ1) is 11.1. The predicted octanol–water partition coefficient (Wildman–Crippen LogP) is 6.37. The minimum absolute atomic E-state index is 0.817. The summed E-state index contributed by atoms with van der Waals surface area (Å²) in [6.07, 6.45) is -33.8. The van der Waals surface area contributed by atoms with Crippen LogP contribution in [0.1, 0.15) is 19.3 Å². The summed E-state index contributed by atoms with van der Waals surface area (Å²) >= 11 is 3.28. The van der Waals surface area contributed by atoms with E-state index >= 15 is 0 Å². The second-order valence-electron chi connectivity index (χ2n) is 5.38. The third-order valence-corrected chi connectivity index (χ3v) is 3.73. The number of hydrogen-bond acceptors (Lipinski definition) is 1. The van der Waals surface area contributed by atoms with Crippen LogP contribution in [0.15, 0.2) is 0 Å². The van der Waals surface area contributed by atoms with Gasteiger partial charge in [-0.25, -0.2) is 8.78 Å². The van der Waals surface area contributed by atoms with Gasteiger partial charge in [0.25, 0.3) is 11.3 Å². The molecule has 0 aromatic rings. The van der Waals surface area contributed by atoms with Gasteiger partial charge in [-0.1, -0.05) is 0 Å². The van der Waals surface area contributed by atoms with E-state index in [1.54, 1.807) is 0 Å². The molecule has 0 rings (SSSR count). The topological polar surface area (TPSA) is 0 Å². The minimum Gasteiger partial charge on any atom is -0.224 e. The van der Waals surface area contributed by atoms with Crippen LogP contribution >= 0.6 is 12.6 Å². The third kappa shape index (κ3) is 5.00. The number of alkyl halides is 14.